The van der Waals surface area contributed by atoms with Gasteiger partial charge in [-0.3, -0.25) is 0 Å². The number of nitrogens with zero attached hydrogens (tertiary/aromatic N) is 1. The predicted molar refractivity (Wildman–Crippen MR) is 95.7 cm³/mol. The molecule has 5 heteroatoms. The second-order valence-corrected chi connectivity index (χ2v) is 5.15. The summed E-state index contributed by atoms with van der Waals surface area (Å²) in [6, 6.07) is 16.0. The molecule has 130 valence electrons. The summed E-state index contributed by atoms with van der Waals surface area (Å²) in [5.74, 6) is 1.68. The third kappa shape index (κ3) is 5.15. The van der Waals surface area contributed by atoms with Gasteiger partial charge in [-0.25, -0.2) is 0 Å². The van der Waals surface area contributed by atoms with Gasteiger partial charge in [0.25, 0.3) is 0 Å². The van der Waals surface area contributed by atoms with Gasteiger partial charge >= 0.3 is 0 Å². The molecule has 0 spiro atoms. The van der Waals surface area contributed by atoms with Crippen LogP contribution >= 0.6 is 0 Å². The number of ether oxygens (including phenoxy) is 4. The normalized spacial score (nSPS) is 10.5. The molecular formula is C19H25NO4. The Labute approximate surface area is 143 Å². The van der Waals surface area contributed by atoms with Crippen LogP contribution in [0.3, 0.4) is 0 Å². The fourth-order valence-electron chi connectivity index (χ4n) is 2.33. The number of hydrogen-bond donors (Lipinski definition) is 0. The van der Waals surface area contributed by atoms with Crippen LogP contribution in [0.4, 0.5) is 11.4 Å². The number of benzene rings is 2. The van der Waals surface area contributed by atoms with E-state index in [9.17, 15) is 0 Å². The minimum absolute atomic E-state index is 0.593. The summed E-state index contributed by atoms with van der Waals surface area (Å²) in [4.78, 5) is 2.20. The molecule has 5 nitrogen and oxygen atoms in total. The van der Waals surface area contributed by atoms with Gasteiger partial charge in [0.05, 0.1) is 34.0 Å². The summed E-state index contributed by atoms with van der Waals surface area (Å²) < 4.78 is 21.1. The van der Waals surface area contributed by atoms with E-state index < -0.39 is 0 Å². The first-order valence-electron chi connectivity index (χ1n) is 7.91. The van der Waals surface area contributed by atoms with Crippen LogP contribution in [-0.2, 0) is 9.47 Å². The van der Waals surface area contributed by atoms with Crippen molar-refractivity contribution < 1.29 is 18.9 Å². The van der Waals surface area contributed by atoms with Crippen molar-refractivity contribution in [2.45, 2.75) is 0 Å². The molecule has 0 fully saturated rings. The number of hydrogen-bond acceptors (Lipinski definition) is 5. The number of anilines is 2. The van der Waals surface area contributed by atoms with E-state index >= 15 is 0 Å². The molecule has 0 aliphatic rings. The molecule has 0 aliphatic heterocycles. The zero-order valence-electron chi connectivity index (χ0n) is 14.5. The van der Waals surface area contributed by atoms with Crippen LogP contribution in [0.2, 0.25) is 0 Å². The molecule has 0 bridgehead atoms. The zero-order valence-corrected chi connectivity index (χ0v) is 14.5. The van der Waals surface area contributed by atoms with E-state index in [-0.39, 0.29) is 0 Å². The lowest BCUT2D eigenvalue weighted by atomic mass is 10.2. The average molecular weight is 331 g/mol. The van der Waals surface area contributed by atoms with Crippen molar-refractivity contribution in [1.82, 2.24) is 0 Å². The molecule has 0 aromatic heterocycles. The number of methoxy groups -OCH3 is 3. The maximum absolute atomic E-state index is 5.62. The molecule has 0 atom stereocenters. The van der Waals surface area contributed by atoms with E-state index in [1.165, 1.54) is 0 Å². The Morgan fingerprint density at radius 3 is 1.58 bits per heavy atom. The first-order valence-corrected chi connectivity index (χ1v) is 7.91. The van der Waals surface area contributed by atoms with Crippen molar-refractivity contribution in [3.05, 3.63) is 48.5 Å². The number of rotatable bonds is 10. The van der Waals surface area contributed by atoms with E-state index in [1.54, 1.807) is 21.3 Å². The molecule has 0 saturated carbocycles. The highest BCUT2D eigenvalue weighted by molar-refractivity contribution is 5.64. The molecule has 0 radical (unpaired) electrons. The highest BCUT2D eigenvalue weighted by atomic mass is 16.5. The standard InChI is InChI=1S/C19H25NO4/c1-21-14-15-24-13-12-20(16-4-8-18(22-2)9-5-16)17-6-10-19(23-3)11-7-17/h4-11H,12-15H2,1-3H3. The van der Waals surface area contributed by atoms with Gasteiger partial charge in [-0.2, -0.15) is 0 Å². The fraction of sp³-hybridized carbons (Fsp3) is 0.368. The Bertz CT molecular complexity index is 536. The molecule has 0 saturated heterocycles. The van der Waals surface area contributed by atoms with E-state index in [2.05, 4.69) is 4.90 Å². The van der Waals surface area contributed by atoms with Crippen LogP contribution in [0.1, 0.15) is 0 Å². The third-order valence-electron chi connectivity index (χ3n) is 3.66. The smallest absolute Gasteiger partial charge is 0.119 e. The first kappa shape index (κ1) is 18.1. The monoisotopic (exact) mass is 331 g/mol. The van der Waals surface area contributed by atoms with Gasteiger partial charge in [0.2, 0.25) is 0 Å². The van der Waals surface area contributed by atoms with E-state index in [0.717, 1.165) is 29.4 Å². The minimum atomic E-state index is 0.593. The molecule has 2 aromatic carbocycles. The molecule has 0 heterocycles. The lowest BCUT2D eigenvalue weighted by Crippen LogP contribution is -2.23. The van der Waals surface area contributed by atoms with Crippen molar-refractivity contribution in [3.63, 3.8) is 0 Å². The van der Waals surface area contributed by atoms with Crippen LogP contribution in [0.15, 0.2) is 48.5 Å². The zero-order chi connectivity index (χ0) is 17.2. The Kier molecular flexibility index (Phi) is 7.39. The molecule has 0 unspecified atom stereocenters. The first-order chi connectivity index (χ1) is 11.8. The predicted octanol–water partition coefficient (Wildman–Crippen LogP) is 3.50. The highest BCUT2D eigenvalue weighted by Crippen LogP contribution is 2.28. The van der Waals surface area contributed by atoms with Gasteiger partial charge in [0.15, 0.2) is 0 Å². The second-order valence-electron chi connectivity index (χ2n) is 5.15. The molecular weight excluding hydrogens is 306 g/mol. The summed E-state index contributed by atoms with van der Waals surface area (Å²) in [5, 5.41) is 0. The maximum Gasteiger partial charge on any atom is 0.119 e. The Morgan fingerprint density at radius 1 is 0.667 bits per heavy atom. The SMILES string of the molecule is COCCOCCN(c1ccc(OC)cc1)c1ccc(OC)cc1. The second kappa shape index (κ2) is 9.80. The van der Waals surface area contributed by atoms with Gasteiger partial charge in [0.1, 0.15) is 11.5 Å². The van der Waals surface area contributed by atoms with Crippen LogP contribution in [0.25, 0.3) is 0 Å². The van der Waals surface area contributed by atoms with Gasteiger partial charge in [0, 0.05) is 25.0 Å². The van der Waals surface area contributed by atoms with Crippen LogP contribution in [0.5, 0.6) is 11.5 Å². The van der Waals surface area contributed by atoms with E-state index in [0.29, 0.717) is 19.8 Å². The molecule has 2 rings (SSSR count). The summed E-state index contributed by atoms with van der Waals surface area (Å²) in [5.41, 5.74) is 2.16. The lowest BCUT2D eigenvalue weighted by molar-refractivity contribution is 0.0747. The molecule has 2 aromatic rings. The van der Waals surface area contributed by atoms with Gasteiger partial charge in [-0.15, -0.1) is 0 Å². The largest absolute Gasteiger partial charge is 0.497 e. The summed E-state index contributed by atoms with van der Waals surface area (Å²) >= 11 is 0. The average Bonchev–Trinajstić information content (AvgIpc) is 2.65. The Morgan fingerprint density at radius 2 is 1.17 bits per heavy atom. The van der Waals surface area contributed by atoms with Crippen LogP contribution < -0.4 is 14.4 Å². The van der Waals surface area contributed by atoms with E-state index in [1.807, 2.05) is 48.5 Å². The van der Waals surface area contributed by atoms with Gasteiger partial charge in [-0.05, 0) is 48.5 Å². The summed E-state index contributed by atoms with van der Waals surface area (Å²) in [6.07, 6.45) is 0. The summed E-state index contributed by atoms with van der Waals surface area (Å²) in [6.45, 7) is 2.55. The van der Waals surface area contributed by atoms with Crippen LogP contribution in [0, 0.1) is 0 Å². The van der Waals surface area contributed by atoms with Crippen molar-refractivity contribution in [2.24, 2.45) is 0 Å². The highest BCUT2D eigenvalue weighted by Gasteiger charge is 2.10. The van der Waals surface area contributed by atoms with Crippen molar-refractivity contribution >= 4 is 11.4 Å². The van der Waals surface area contributed by atoms with Crippen LogP contribution in [-0.4, -0.2) is 47.7 Å². The molecule has 24 heavy (non-hydrogen) atoms. The summed E-state index contributed by atoms with van der Waals surface area (Å²) in [7, 11) is 5.00. The van der Waals surface area contributed by atoms with E-state index in [4.69, 9.17) is 18.9 Å². The molecule has 0 amide bonds. The Hall–Kier alpha value is -2.24. The maximum atomic E-state index is 5.62. The topological polar surface area (TPSA) is 40.2 Å². The molecule has 0 N–H and O–H groups in total. The minimum Gasteiger partial charge on any atom is -0.497 e. The third-order valence-corrected chi connectivity index (χ3v) is 3.66. The Balaban J connectivity index is 2.12. The van der Waals surface area contributed by atoms with Gasteiger partial charge < -0.3 is 23.8 Å². The van der Waals surface area contributed by atoms with Crippen molar-refractivity contribution in [3.8, 4) is 11.5 Å². The molecule has 0 aliphatic carbocycles. The fourth-order valence-corrected chi connectivity index (χ4v) is 2.33. The lowest BCUT2D eigenvalue weighted by Gasteiger charge is -2.25. The quantitative estimate of drug-likeness (QED) is 0.623. The van der Waals surface area contributed by atoms with Crippen molar-refractivity contribution in [2.75, 3.05) is 52.6 Å². The van der Waals surface area contributed by atoms with Gasteiger partial charge in [-0.1, -0.05) is 0 Å². The van der Waals surface area contributed by atoms with Crippen molar-refractivity contribution in [1.29, 1.82) is 0 Å².